The van der Waals surface area contributed by atoms with Crippen molar-refractivity contribution in [2.45, 2.75) is 19.9 Å². The predicted octanol–water partition coefficient (Wildman–Crippen LogP) is 2.80. The van der Waals surface area contributed by atoms with Crippen LogP contribution in [0.1, 0.15) is 18.3 Å². The number of aromatic nitrogens is 2. The molecule has 1 N–H and O–H groups in total. The summed E-state index contributed by atoms with van der Waals surface area (Å²) < 4.78 is 7.87. The molecule has 4 nitrogen and oxygen atoms in total. The van der Waals surface area contributed by atoms with E-state index in [0.717, 1.165) is 41.7 Å². The highest BCUT2D eigenvalue weighted by atomic mass is 35.5. The molecule has 0 aliphatic carbocycles. The van der Waals surface area contributed by atoms with Gasteiger partial charge in [0, 0.05) is 43.0 Å². The van der Waals surface area contributed by atoms with E-state index in [-0.39, 0.29) is 0 Å². The van der Waals surface area contributed by atoms with Gasteiger partial charge in [0.15, 0.2) is 0 Å². The van der Waals surface area contributed by atoms with Gasteiger partial charge in [-0.2, -0.15) is 0 Å². The highest BCUT2D eigenvalue weighted by Gasteiger charge is 2.06. The first-order valence-corrected chi connectivity index (χ1v) is 7.16. The van der Waals surface area contributed by atoms with Gasteiger partial charge in [0.05, 0.1) is 6.61 Å². The molecule has 2 rings (SSSR count). The fourth-order valence-electron chi connectivity index (χ4n) is 1.98. The van der Waals surface area contributed by atoms with Gasteiger partial charge in [0.1, 0.15) is 11.6 Å². The van der Waals surface area contributed by atoms with Crippen molar-refractivity contribution in [2.75, 3.05) is 13.2 Å². The lowest BCUT2D eigenvalue weighted by molar-refractivity contribution is 0.313. The maximum absolute atomic E-state index is 6.04. The molecule has 0 aliphatic rings. The van der Waals surface area contributed by atoms with Crippen LogP contribution in [-0.2, 0) is 20.0 Å². The molecule has 0 aliphatic heterocycles. The van der Waals surface area contributed by atoms with E-state index in [4.69, 9.17) is 16.3 Å². The lowest BCUT2D eigenvalue weighted by Gasteiger charge is -2.12. The first-order valence-electron chi connectivity index (χ1n) is 6.79. The molecule has 1 aromatic carbocycles. The smallest absolute Gasteiger partial charge is 0.123 e. The average Bonchev–Trinajstić information content (AvgIpc) is 2.84. The summed E-state index contributed by atoms with van der Waals surface area (Å²) in [6, 6.07) is 5.72. The molecule has 2 aromatic rings. The van der Waals surface area contributed by atoms with E-state index < -0.39 is 0 Å². The van der Waals surface area contributed by atoms with E-state index in [1.54, 1.807) is 6.20 Å². The van der Waals surface area contributed by atoms with Crippen molar-refractivity contribution in [1.82, 2.24) is 14.9 Å². The summed E-state index contributed by atoms with van der Waals surface area (Å²) in [4.78, 5) is 4.28. The van der Waals surface area contributed by atoms with Gasteiger partial charge in [0.2, 0.25) is 0 Å². The highest BCUT2D eigenvalue weighted by Crippen LogP contribution is 2.23. The number of rotatable bonds is 7. The van der Waals surface area contributed by atoms with Crippen molar-refractivity contribution in [3.8, 4) is 5.75 Å². The Labute approximate surface area is 124 Å². The van der Waals surface area contributed by atoms with Gasteiger partial charge in [-0.05, 0) is 24.7 Å². The summed E-state index contributed by atoms with van der Waals surface area (Å²) in [6.07, 6.45) is 4.52. The van der Waals surface area contributed by atoms with Crippen molar-refractivity contribution in [3.63, 3.8) is 0 Å². The molecule has 0 saturated heterocycles. The van der Waals surface area contributed by atoms with E-state index in [9.17, 15) is 0 Å². The van der Waals surface area contributed by atoms with E-state index in [1.165, 1.54) is 0 Å². The quantitative estimate of drug-likeness (QED) is 0.853. The number of hydrogen-bond donors (Lipinski definition) is 1. The van der Waals surface area contributed by atoms with E-state index in [2.05, 4.69) is 17.2 Å². The zero-order valence-electron chi connectivity index (χ0n) is 11.9. The maximum atomic E-state index is 6.04. The second-order valence-electron chi connectivity index (χ2n) is 4.59. The third kappa shape index (κ3) is 3.99. The number of benzene rings is 1. The van der Waals surface area contributed by atoms with Gasteiger partial charge >= 0.3 is 0 Å². The Morgan fingerprint density at radius 2 is 2.25 bits per heavy atom. The Kier molecular flexibility index (Phi) is 5.44. The Balaban J connectivity index is 1.96. The molecule has 1 heterocycles. The molecule has 0 amide bonds. The number of nitrogens with zero attached hydrogens (tertiary/aromatic N) is 2. The van der Waals surface area contributed by atoms with Crippen LogP contribution >= 0.6 is 11.6 Å². The Bertz CT molecular complexity index is 554. The van der Waals surface area contributed by atoms with Crippen LogP contribution in [0.5, 0.6) is 5.75 Å². The number of hydrogen-bond acceptors (Lipinski definition) is 3. The zero-order chi connectivity index (χ0) is 14.4. The van der Waals surface area contributed by atoms with Crippen molar-refractivity contribution < 1.29 is 4.74 Å². The first-order chi connectivity index (χ1) is 9.70. The fraction of sp³-hybridized carbons (Fsp3) is 0.400. The minimum Gasteiger partial charge on any atom is -0.493 e. The van der Waals surface area contributed by atoms with Crippen LogP contribution in [-0.4, -0.2) is 22.7 Å². The summed E-state index contributed by atoms with van der Waals surface area (Å²) in [5.74, 6) is 1.90. The van der Waals surface area contributed by atoms with Gasteiger partial charge in [-0.1, -0.05) is 18.5 Å². The number of halogens is 1. The molecule has 20 heavy (non-hydrogen) atoms. The molecule has 0 radical (unpaired) electrons. The van der Waals surface area contributed by atoms with Crippen LogP contribution < -0.4 is 10.1 Å². The third-order valence-corrected chi connectivity index (χ3v) is 3.33. The number of imidazole rings is 1. The Morgan fingerprint density at radius 1 is 1.40 bits per heavy atom. The summed E-state index contributed by atoms with van der Waals surface area (Å²) in [7, 11) is 1.99. The van der Waals surface area contributed by atoms with Gasteiger partial charge in [0.25, 0.3) is 0 Å². The molecule has 0 saturated carbocycles. The minimum absolute atomic E-state index is 0.603. The second-order valence-corrected chi connectivity index (χ2v) is 5.02. The normalized spacial score (nSPS) is 10.8. The minimum atomic E-state index is 0.603. The lowest BCUT2D eigenvalue weighted by Crippen LogP contribution is -2.14. The molecule has 0 fully saturated rings. The Morgan fingerprint density at radius 3 is 2.95 bits per heavy atom. The molecule has 0 atom stereocenters. The highest BCUT2D eigenvalue weighted by molar-refractivity contribution is 6.30. The van der Waals surface area contributed by atoms with Gasteiger partial charge in [-0.15, -0.1) is 0 Å². The van der Waals surface area contributed by atoms with Crippen LogP contribution in [0.15, 0.2) is 30.6 Å². The standard InChI is InChI=1S/C15H20ClN3O/c1-3-17-11-12-10-13(16)4-5-14(12)20-9-6-15-18-7-8-19(15)2/h4-5,7-8,10,17H,3,6,9,11H2,1-2H3. The van der Waals surface area contributed by atoms with E-state index in [1.807, 2.05) is 36.0 Å². The Hall–Kier alpha value is -1.52. The fourth-order valence-corrected chi connectivity index (χ4v) is 2.17. The van der Waals surface area contributed by atoms with Gasteiger partial charge in [-0.3, -0.25) is 0 Å². The topological polar surface area (TPSA) is 39.1 Å². The molecular formula is C15H20ClN3O. The largest absolute Gasteiger partial charge is 0.493 e. The van der Waals surface area contributed by atoms with Crippen molar-refractivity contribution in [3.05, 3.63) is 47.0 Å². The van der Waals surface area contributed by atoms with Gasteiger partial charge in [-0.25, -0.2) is 4.98 Å². The SMILES string of the molecule is CCNCc1cc(Cl)ccc1OCCc1nccn1C. The summed E-state index contributed by atoms with van der Waals surface area (Å²) in [6.45, 7) is 4.35. The predicted molar refractivity (Wildman–Crippen MR) is 81.2 cm³/mol. The van der Waals surface area contributed by atoms with Crippen molar-refractivity contribution in [2.24, 2.45) is 7.05 Å². The molecule has 108 valence electrons. The molecule has 5 heteroatoms. The number of aryl methyl sites for hydroxylation is 1. The maximum Gasteiger partial charge on any atom is 0.123 e. The summed E-state index contributed by atoms with van der Waals surface area (Å²) in [5, 5.41) is 4.02. The van der Waals surface area contributed by atoms with Crippen LogP contribution in [0, 0.1) is 0 Å². The average molecular weight is 294 g/mol. The zero-order valence-corrected chi connectivity index (χ0v) is 12.7. The number of nitrogens with one attached hydrogen (secondary N) is 1. The van der Waals surface area contributed by atoms with Crippen LogP contribution in [0.2, 0.25) is 5.02 Å². The molecule has 0 unspecified atom stereocenters. The van der Waals surface area contributed by atoms with Crippen LogP contribution in [0.4, 0.5) is 0 Å². The molecule has 0 bridgehead atoms. The molecular weight excluding hydrogens is 274 g/mol. The molecule has 0 spiro atoms. The van der Waals surface area contributed by atoms with E-state index in [0.29, 0.717) is 6.61 Å². The second kappa shape index (κ2) is 7.31. The van der Waals surface area contributed by atoms with Gasteiger partial charge < -0.3 is 14.6 Å². The summed E-state index contributed by atoms with van der Waals surface area (Å²) in [5.41, 5.74) is 1.08. The van der Waals surface area contributed by atoms with E-state index >= 15 is 0 Å². The lowest BCUT2D eigenvalue weighted by atomic mass is 10.2. The molecule has 1 aromatic heterocycles. The number of ether oxygens (including phenoxy) is 1. The first kappa shape index (κ1) is 14.9. The van der Waals surface area contributed by atoms with Crippen molar-refractivity contribution in [1.29, 1.82) is 0 Å². The summed E-state index contributed by atoms with van der Waals surface area (Å²) >= 11 is 6.04. The third-order valence-electron chi connectivity index (χ3n) is 3.09. The van der Waals surface area contributed by atoms with Crippen LogP contribution in [0.3, 0.4) is 0 Å². The van der Waals surface area contributed by atoms with Crippen LogP contribution in [0.25, 0.3) is 0 Å². The monoisotopic (exact) mass is 293 g/mol. The van der Waals surface area contributed by atoms with Crippen molar-refractivity contribution >= 4 is 11.6 Å².